The molecule has 0 unspecified atom stereocenters. The zero-order valence-electron chi connectivity index (χ0n) is 15.6. The molecule has 158 valence electrons. The van der Waals surface area contributed by atoms with Crippen molar-refractivity contribution in [3.8, 4) is 0 Å². The summed E-state index contributed by atoms with van der Waals surface area (Å²) < 4.78 is 39.2. The summed E-state index contributed by atoms with van der Waals surface area (Å²) in [4.78, 5) is 16.6. The normalized spacial score (nSPS) is 12.5. The molecule has 0 bridgehead atoms. The maximum absolute atomic E-state index is 13.1. The predicted molar refractivity (Wildman–Crippen MR) is 110 cm³/mol. The van der Waals surface area contributed by atoms with Gasteiger partial charge in [0.25, 0.3) is 5.91 Å². The van der Waals surface area contributed by atoms with Gasteiger partial charge in [-0.05, 0) is 30.3 Å². The van der Waals surface area contributed by atoms with Crippen LogP contribution in [0.2, 0.25) is 5.02 Å². The van der Waals surface area contributed by atoms with Crippen LogP contribution in [-0.4, -0.2) is 16.0 Å². The lowest BCUT2D eigenvalue weighted by atomic mass is 10.1. The number of aromatic nitrogens is 1. The maximum atomic E-state index is 13.1. The van der Waals surface area contributed by atoms with Gasteiger partial charge in [0.2, 0.25) is 0 Å². The van der Waals surface area contributed by atoms with Crippen molar-refractivity contribution in [2.45, 2.75) is 6.18 Å². The summed E-state index contributed by atoms with van der Waals surface area (Å²) in [7, 11) is 0. The Kier molecular flexibility index (Phi) is 6.66. The van der Waals surface area contributed by atoms with Crippen LogP contribution >= 0.6 is 11.6 Å². The Bertz CT molecular complexity index is 1130. The number of aliphatic hydroxyl groups excluding tert-OH is 1. The number of hydrogen-bond acceptors (Lipinski definition) is 5. The fraction of sp³-hybridized carbons (Fsp3) is 0.0476. The SMILES string of the molecule is O=C(Nc1cccnc1)/C(N=Nc1ccc(Cl)c(C(F)(F)F)c1)=C(\O)c1ccccc1. The summed E-state index contributed by atoms with van der Waals surface area (Å²) in [6.07, 6.45) is -1.81. The number of azo groups is 1. The van der Waals surface area contributed by atoms with Crippen LogP contribution in [-0.2, 0) is 11.0 Å². The van der Waals surface area contributed by atoms with Crippen molar-refractivity contribution in [1.29, 1.82) is 0 Å². The minimum Gasteiger partial charge on any atom is -0.505 e. The molecule has 6 nitrogen and oxygen atoms in total. The third-order valence-corrected chi connectivity index (χ3v) is 4.26. The van der Waals surface area contributed by atoms with Crippen molar-refractivity contribution in [3.63, 3.8) is 0 Å². The smallest absolute Gasteiger partial charge is 0.417 e. The van der Waals surface area contributed by atoms with Gasteiger partial charge in [0, 0.05) is 11.8 Å². The summed E-state index contributed by atoms with van der Waals surface area (Å²) >= 11 is 5.60. The van der Waals surface area contributed by atoms with Crippen molar-refractivity contribution >= 4 is 34.6 Å². The van der Waals surface area contributed by atoms with Crippen LogP contribution < -0.4 is 5.32 Å². The topological polar surface area (TPSA) is 86.9 Å². The quantitative estimate of drug-likeness (QED) is 0.270. The third kappa shape index (κ3) is 5.67. The van der Waals surface area contributed by atoms with E-state index in [2.05, 4.69) is 20.5 Å². The zero-order valence-corrected chi connectivity index (χ0v) is 16.4. The molecule has 3 aromatic rings. The van der Waals surface area contributed by atoms with Crippen LogP contribution in [0.5, 0.6) is 0 Å². The molecule has 0 aliphatic rings. The summed E-state index contributed by atoms with van der Waals surface area (Å²) in [5, 5.41) is 20.0. The molecule has 10 heteroatoms. The summed E-state index contributed by atoms with van der Waals surface area (Å²) in [5.74, 6) is -1.33. The number of anilines is 1. The first kappa shape index (κ1) is 22.0. The van der Waals surface area contributed by atoms with E-state index in [-0.39, 0.29) is 11.3 Å². The van der Waals surface area contributed by atoms with Crippen molar-refractivity contribution < 1.29 is 23.1 Å². The van der Waals surface area contributed by atoms with E-state index in [0.29, 0.717) is 11.8 Å². The largest absolute Gasteiger partial charge is 0.505 e. The van der Waals surface area contributed by atoms with Crippen LogP contribution in [0, 0.1) is 0 Å². The predicted octanol–water partition coefficient (Wildman–Crippen LogP) is 6.40. The van der Waals surface area contributed by atoms with Gasteiger partial charge in [-0.15, -0.1) is 5.11 Å². The molecule has 0 atom stereocenters. The van der Waals surface area contributed by atoms with Crippen molar-refractivity contribution in [3.05, 3.63) is 94.9 Å². The highest BCUT2D eigenvalue weighted by molar-refractivity contribution is 6.31. The number of pyridine rings is 1. The monoisotopic (exact) mass is 446 g/mol. The number of hydrogen-bond donors (Lipinski definition) is 2. The molecule has 1 amide bonds. The molecule has 0 saturated heterocycles. The maximum Gasteiger partial charge on any atom is 0.417 e. The van der Waals surface area contributed by atoms with Crippen LogP contribution in [0.3, 0.4) is 0 Å². The molecule has 2 N–H and O–H groups in total. The molecule has 0 spiro atoms. The summed E-state index contributed by atoms with van der Waals surface area (Å²) in [6.45, 7) is 0. The molecule has 3 rings (SSSR count). The standard InChI is InChI=1S/C21H14ClF3N4O2/c22-17-9-8-14(11-16(17)21(23,24)25)28-29-18(19(30)13-5-2-1-3-6-13)20(31)27-15-7-4-10-26-12-15/h1-12,30H,(H,27,31)/b19-18+,29-28?. The minimum atomic E-state index is -4.69. The van der Waals surface area contributed by atoms with E-state index in [9.17, 15) is 23.1 Å². The first-order valence-electron chi connectivity index (χ1n) is 8.74. The van der Waals surface area contributed by atoms with Gasteiger partial charge in [-0.1, -0.05) is 41.9 Å². The number of nitrogens with one attached hydrogen (secondary N) is 1. The highest BCUT2D eigenvalue weighted by Gasteiger charge is 2.33. The Labute approximate surface area is 179 Å². The van der Waals surface area contributed by atoms with Gasteiger partial charge in [-0.2, -0.15) is 18.3 Å². The number of amides is 1. The number of rotatable bonds is 5. The molecular formula is C21H14ClF3N4O2. The zero-order chi connectivity index (χ0) is 22.4. The van der Waals surface area contributed by atoms with E-state index < -0.39 is 34.1 Å². The van der Waals surface area contributed by atoms with Crippen LogP contribution in [0.15, 0.2) is 89.0 Å². The number of halogens is 4. The van der Waals surface area contributed by atoms with Gasteiger partial charge in [0.05, 0.1) is 28.2 Å². The molecule has 0 radical (unpaired) electrons. The molecule has 2 aromatic carbocycles. The number of alkyl halides is 3. The first-order chi connectivity index (χ1) is 14.8. The second-order valence-electron chi connectivity index (χ2n) is 6.12. The molecule has 1 heterocycles. The molecule has 0 aliphatic carbocycles. The average molecular weight is 447 g/mol. The lowest BCUT2D eigenvalue weighted by Gasteiger charge is -2.09. The second-order valence-corrected chi connectivity index (χ2v) is 6.53. The average Bonchev–Trinajstić information content (AvgIpc) is 2.75. The highest BCUT2D eigenvalue weighted by atomic mass is 35.5. The van der Waals surface area contributed by atoms with E-state index in [4.69, 9.17) is 11.6 Å². The summed E-state index contributed by atoms with van der Waals surface area (Å²) in [5.41, 5.74) is -1.21. The third-order valence-electron chi connectivity index (χ3n) is 3.93. The van der Waals surface area contributed by atoms with E-state index >= 15 is 0 Å². The van der Waals surface area contributed by atoms with E-state index in [1.54, 1.807) is 30.3 Å². The summed E-state index contributed by atoms with van der Waals surface area (Å²) in [6, 6.07) is 14.1. The van der Waals surface area contributed by atoms with E-state index in [0.717, 1.165) is 6.07 Å². The van der Waals surface area contributed by atoms with E-state index in [1.165, 1.54) is 30.6 Å². The minimum absolute atomic E-state index is 0.204. The first-order valence-corrected chi connectivity index (χ1v) is 9.12. The van der Waals surface area contributed by atoms with Gasteiger partial charge < -0.3 is 10.4 Å². The molecule has 0 fully saturated rings. The second kappa shape index (κ2) is 9.40. The Morgan fingerprint density at radius 3 is 2.45 bits per heavy atom. The molecular weight excluding hydrogens is 433 g/mol. The van der Waals surface area contributed by atoms with Gasteiger partial charge in [0.1, 0.15) is 0 Å². The number of carbonyl (C=O) groups is 1. The fourth-order valence-corrected chi connectivity index (χ4v) is 2.69. The van der Waals surface area contributed by atoms with Gasteiger partial charge in [-0.25, -0.2) is 0 Å². The fourth-order valence-electron chi connectivity index (χ4n) is 2.46. The Morgan fingerprint density at radius 2 is 1.81 bits per heavy atom. The van der Waals surface area contributed by atoms with Gasteiger partial charge in [-0.3, -0.25) is 9.78 Å². The number of benzene rings is 2. The molecule has 0 aliphatic heterocycles. The Hall–Kier alpha value is -3.72. The molecule has 1 aromatic heterocycles. The molecule has 31 heavy (non-hydrogen) atoms. The Morgan fingerprint density at radius 1 is 1.06 bits per heavy atom. The number of nitrogens with zero attached hydrogens (tertiary/aromatic N) is 3. The van der Waals surface area contributed by atoms with E-state index in [1.807, 2.05) is 0 Å². The molecule has 0 saturated carbocycles. The van der Waals surface area contributed by atoms with Crippen molar-refractivity contribution in [2.75, 3.05) is 5.32 Å². The number of aliphatic hydroxyl groups is 1. The van der Waals surface area contributed by atoms with Crippen LogP contribution in [0.1, 0.15) is 11.1 Å². The lowest BCUT2D eigenvalue weighted by Crippen LogP contribution is -2.15. The van der Waals surface area contributed by atoms with Crippen LogP contribution in [0.4, 0.5) is 24.5 Å². The Balaban J connectivity index is 2.00. The van der Waals surface area contributed by atoms with Crippen LogP contribution in [0.25, 0.3) is 5.76 Å². The highest BCUT2D eigenvalue weighted by Crippen LogP contribution is 2.37. The van der Waals surface area contributed by atoms with Crippen molar-refractivity contribution in [1.82, 2.24) is 4.98 Å². The van der Waals surface area contributed by atoms with Crippen molar-refractivity contribution in [2.24, 2.45) is 10.2 Å². The lowest BCUT2D eigenvalue weighted by molar-refractivity contribution is -0.137. The van der Waals surface area contributed by atoms with Gasteiger partial charge in [0.15, 0.2) is 11.5 Å². The number of carbonyl (C=O) groups excluding carboxylic acids is 1. The van der Waals surface area contributed by atoms with Gasteiger partial charge >= 0.3 is 6.18 Å².